The molecule has 1 aromatic rings. The van der Waals surface area contributed by atoms with Crippen LogP contribution in [-0.2, 0) is 23.1 Å². The average molecular weight is 269 g/mol. The van der Waals surface area contributed by atoms with E-state index in [0.717, 1.165) is 32.8 Å². The van der Waals surface area contributed by atoms with Crippen LogP contribution in [0.25, 0.3) is 0 Å². The summed E-state index contributed by atoms with van der Waals surface area (Å²) in [6, 6.07) is 0. The van der Waals surface area contributed by atoms with E-state index in [2.05, 4.69) is 10.00 Å². The smallest absolute Gasteiger partial charge is 0.339 e. The zero-order chi connectivity index (χ0) is 13.7. The first-order chi connectivity index (χ1) is 9.18. The minimum absolute atomic E-state index is 0.203. The molecule has 106 valence electrons. The summed E-state index contributed by atoms with van der Waals surface area (Å²) in [5.41, 5.74) is 0.795. The Labute approximate surface area is 111 Å². The zero-order valence-corrected chi connectivity index (χ0v) is 11.0. The lowest BCUT2D eigenvalue weighted by Gasteiger charge is -2.26. The highest BCUT2D eigenvalue weighted by atomic mass is 16.5. The van der Waals surface area contributed by atoms with Crippen molar-refractivity contribution in [3.05, 3.63) is 17.5 Å². The molecule has 0 aliphatic carbocycles. The Balaban J connectivity index is 1.76. The third-order valence-electron chi connectivity index (χ3n) is 3.19. The lowest BCUT2D eigenvalue weighted by atomic mass is 10.2. The molecule has 0 amide bonds. The van der Waals surface area contributed by atoms with Gasteiger partial charge < -0.3 is 14.6 Å². The number of hydrogen-bond donors (Lipinski definition) is 1. The van der Waals surface area contributed by atoms with Gasteiger partial charge in [0, 0.05) is 26.7 Å². The summed E-state index contributed by atoms with van der Waals surface area (Å²) in [5.74, 6) is -0.972. The number of carbonyl (C=O) groups is 1. The number of carboxylic acid groups (broad SMARTS) is 1. The molecule has 1 N–H and O–H groups in total. The highest BCUT2D eigenvalue weighted by Gasteiger charge is 2.15. The van der Waals surface area contributed by atoms with Gasteiger partial charge in [0.15, 0.2) is 0 Å². The predicted molar refractivity (Wildman–Crippen MR) is 67.1 cm³/mol. The van der Waals surface area contributed by atoms with E-state index in [1.165, 1.54) is 10.9 Å². The Morgan fingerprint density at radius 2 is 2.26 bits per heavy atom. The fourth-order valence-electron chi connectivity index (χ4n) is 2.00. The summed E-state index contributed by atoms with van der Waals surface area (Å²) in [4.78, 5) is 13.3. The normalized spacial score (nSPS) is 16.7. The third kappa shape index (κ3) is 3.76. The molecule has 0 aromatic carbocycles. The lowest BCUT2D eigenvalue weighted by molar-refractivity contribution is 0.0171. The van der Waals surface area contributed by atoms with Gasteiger partial charge in [0.25, 0.3) is 0 Å². The van der Waals surface area contributed by atoms with Crippen molar-refractivity contribution in [3.8, 4) is 0 Å². The monoisotopic (exact) mass is 269 g/mol. The summed E-state index contributed by atoms with van der Waals surface area (Å²) in [6.45, 7) is 5.07. The van der Waals surface area contributed by atoms with Crippen molar-refractivity contribution in [2.24, 2.45) is 7.05 Å². The van der Waals surface area contributed by atoms with Crippen molar-refractivity contribution >= 4 is 5.97 Å². The summed E-state index contributed by atoms with van der Waals surface area (Å²) in [5, 5.41) is 12.9. The fraction of sp³-hybridized carbons (Fsp3) is 0.667. The molecule has 1 fully saturated rings. The molecule has 0 unspecified atom stereocenters. The maximum absolute atomic E-state index is 11.0. The second-order valence-corrected chi connectivity index (χ2v) is 4.44. The van der Waals surface area contributed by atoms with Gasteiger partial charge in [-0.05, 0) is 0 Å². The molecule has 7 heteroatoms. The topological polar surface area (TPSA) is 76.8 Å². The first kappa shape index (κ1) is 14.0. The van der Waals surface area contributed by atoms with Crippen LogP contribution in [0.2, 0.25) is 0 Å². The zero-order valence-electron chi connectivity index (χ0n) is 11.0. The van der Waals surface area contributed by atoms with Gasteiger partial charge in [-0.15, -0.1) is 0 Å². The van der Waals surface area contributed by atoms with Crippen LogP contribution in [0.3, 0.4) is 0 Å². The molecule has 1 aliphatic heterocycles. The maximum atomic E-state index is 11.0. The van der Waals surface area contributed by atoms with Crippen molar-refractivity contribution < 1.29 is 19.4 Å². The van der Waals surface area contributed by atoms with Gasteiger partial charge in [0.05, 0.1) is 38.3 Å². The molecule has 2 heterocycles. The van der Waals surface area contributed by atoms with E-state index in [9.17, 15) is 4.79 Å². The first-order valence-electron chi connectivity index (χ1n) is 6.30. The van der Waals surface area contributed by atoms with Crippen LogP contribution >= 0.6 is 0 Å². The molecule has 0 atom stereocenters. The van der Waals surface area contributed by atoms with Gasteiger partial charge in [-0.25, -0.2) is 4.79 Å². The van der Waals surface area contributed by atoms with Crippen molar-refractivity contribution in [2.45, 2.75) is 6.61 Å². The number of carboxylic acids is 1. The van der Waals surface area contributed by atoms with E-state index in [4.69, 9.17) is 14.6 Å². The van der Waals surface area contributed by atoms with E-state index in [1.807, 2.05) is 0 Å². The molecule has 0 bridgehead atoms. The average Bonchev–Trinajstić information content (AvgIpc) is 2.77. The lowest BCUT2D eigenvalue weighted by Crippen LogP contribution is -2.38. The van der Waals surface area contributed by atoms with E-state index in [0.29, 0.717) is 12.3 Å². The summed E-state index contributed by atoms with van der Waals surface area (Å²) in [6.07, 6.45) is 1.35. The van der Waals surface area contributed by atoms with Crippen LogP contribution in [0, 0.1) is 0 Å². The molecule has 0 saturated carbocycles. The molecule has 0 spiro atoms. The number of rotatable bonds is 6. The minimum Gasteiger partial charge on any atom is -0.478 e. The van der Waals surface area contributed by atoms with Gasteiger partial charge in [0.1, 0.15) is 5.56 Å². The number of nitrogens with zero attached hydrogens (tertiary/aromatic N) is 3. The number of hydrogen-bond acceptors (Lipinski definition) is 5. The minimum atomic E-state index is -0.972. The number of morpholine rings is 1. The molecule has 1 aromatic heterocycles. The number of aromatic carboxylic acids is 1. The SMILES string of the molecule is Cn1ncc(C(=O)O)c1COCCN1CCOCC1. The second kappa shape index (κ2) is 6.65. The highest BCUT2D eigenvalue weighted by Crippen LogP contribution is 2.09. The molecule has 1 aliphatic rings. The van der Waals surface area contributed by atoms with E-state index < -0.39 is 5.97 Å². The van der Waals surface area contributed by atoms with Gasteiger partial charge in [-0.1, -0.05) is 0 Å². The first-order valence-corrected chi connectivity index (χ1v) is 6.30. The number of aryl methyl sites for hydroxylation is 1. The quantitative estimate of drug-likeness (QED) is 0.731. The van der Waals surface area contributed by atoms with Crippen LogP contribution < -0.4 is 0 Å². The largest absolute Gasteiger partial charge is 0.478 e. The maximum Gasteiger partial charge on any atom is 0.339 e. The fourth-order valence-corrected chi connectivity index (χ4v) is 2.00. The Hall–Kier alpha value is -1.44. The van der Waals surface area contributed by atoms with Crippen molar-refractivity contribution in [3.63, 3.8) is 0 Å². The van der Waals surface area contributed by atoms with E-state index in [-0.39, 0.29) is 12.2 Å². The Morgan fingerprint density at radius 1 is 1.53 bits per heavy atom. The standard InChI is InChI=1S/C12H19N3O4/c1-14-11(10(8-13-14)12(16)17)9-19-7-4-15-2-5-18-6-3-15/h8H,2-7,9H2,1H3,(H,16,17). The Bertz CT molecular complexity index is 427. The third-order valence-corrected chi connectivity index (χ3v) is 3.19. The second-order valence-electron chi connectivity index (χ2n) is 4.44. The summed E-state index contributed by atoms with van der Waals surface area (Å²) < 4.78 is 12.3. The van der Waals surface area contributed by atoms with Crippen molar-refractivity contribution in [1.29, 1.82) is 0 Å². The molecular weight excluding hydrogens is 250 g/mol. The van der Waals surface area contributed by atoms with Gasteiger partial charge in [-0.2, -0.15) is 5.10 Å². The van der Waals surface area contributed by atoms with E-state index >= 15 is 0 Å². The molecule has 7 nitrogen and oxygen atoms in total. The molecule has 2 rings (SSSR count). The Kier molecular flexibility index (Phi) is 4.89. The predicted octanol–water partition coefficient (Wildman–Crippen LogP) is -0.0329. The van der Waals surface area contributed by atoms with Crippen molar-refractivity contribution in [1.82, 2.24) is 14.7 Å². The van der Waals surface area contributed by atoms with Crippen LogP contribution in [-0.4, -0.2) is 65.2 Å². The van der Waals surface area contributed by atoms with Crippen LogP contribution in [0.5, 0.6) is 0 Å². The van der Waals surface area contributed by atoms with Crippen LogP contribution in [0.4, 0.5) is 0 Å². The molecule has 0 radical (unpaired) electrons. The molecule has 1 saturated heterocycles. The van der Waals surface area contributed by atoms with Crippen LogP contribution in [0.15, 0.2) is 6.20 Å². The summed E-state index contributed by atoms with van der Waals surface area (Å²) >= 11 is 0. The van der Waals surface area contributed by atoms with Gasteiger partial charge in [0.2, 0.25) is 0 Å². The highest BCUT2D eigenvalue weighted by molar-refractivity contribution is 5.88. The van der Waals surface area contributed by atoms with E-state index in [1.54, 1.807) is 7.05 Å². The number of aromatic nitrogens is 2. The van der Waals surface area contributed by atoms with Crippen molar-refractivity contribution in [2.75, 3.05) is 39.5 Å². The Morgan fingerprint density at radius 3 is 2.95 bits per heavy atom. The molecular formula is C12H19N3O4. The molecule has 19 heavy (non-hydrogen) atoms. The number of ether oxygens (including phenoxy) is 2. The van der Waals surface area contributed by atoms with Crippen LogP contribution in [0.1, 0.15) is 16.1 Å². The summed E-state index contributed by atoms with van der Waals surface area (Å²) in [7, 11) is 1.72. The van der Waals surface area contributed by atoms with Gasteiger partial charge in [-0.3, -0.25) is 9.58 Å². The van der Waals surface area contributed by atoms with Gasteiger partial charge >= 0.3 is 5.97 Å².